The topological polar surface area (TPSA) is 51.5 Å². The van der Waals surface area contributed by atoms with E-state index in [0.717, 1.165) is 45.8 Å². The highest BCUT2D eigenvalue weighted by Crippen LogP contribution is 2.32. The number of imidazole rings is 1. The molecule has 0 saturated heterocycles. The molecule has 4 aromatic rings. The average molecular weight is 391 g/mol. The van der Waals surface area contributed by atoms with Crippen molar-refractivity contribution < 1.29 is 4.74 Å². The molecule has 0 fully saturated rings. The first-order valence-corrected chi connectivity index (χ1v) is 10.2. The fourth-order valence-electron chi connectivity index (χ4n) is 3.06. The summed E-state index contributed by atoms with van der Waals surface area (Å²) in [5, 5.41) is 4.39. The van der Waals surface area contributed by atoms with E-state index in [4.69, 9.17) is 9.72 Å². The average Bonchev–Trinajstić information content (AvgIpc) is 3.22. The summed E-state index contributed by atoms with van der Waals surface area (Å²) >= 11 is 1.71. The number of rotatable bonds is 7. The molecule has 2 aromatic heterocycles. The molecule has 4 rings (SSSR count). The Hall–Kier alpha value is -2.99. The number of nitrogens with zero attached hydrogens (tertiary/aromatic N) is 3. The Kier molecular flexibility index (Phi) is 5.48. The fourth-order valence-corrected chi connectivity index (χ4v) is 3.78. The van der Waals surface area contributed by atoms with E-state index in [1.54, 1.807) is 25.1 Å². The number of ether oxygens (including phenoxy) is 1. The van der Waals surface area contributed by atoms with Crippen LogP contribution in [0.1, 0.15) is 12.5 Å². The molecule has 0 spiro atoms. The van der Waals surface area contributed by atoms with Gasteiger partial charge in [0.05, 0.1) is 18.5 Å². The number of nitrogens with one attached hydrogen (secondary N) is 1. The number of benzene rings is 2. The van der Waals surface area contributed by atoms with Gasteiger partial charge in [-0.1, -0.05) is 55.1 Å². The Morgan fingerprint density at radius 2 is 1.96 bits per heavy atom. The van der Waals surface area contributed by atoms with Gasteiger partial charge in [0.25, 0.3) is 0 Å². The molecule has 0 aliphatic carbocycles. The monoisotopic (exact) mass is 390 g/mol. The van der Waals surface area contributed by atoms with E-state index in [-0.39, 0.29) is 0 Å². The van der Waals surface area contributed by atoms with Gasteiger partial charge in [0.15, 0.2) is 5.16 Å². The van der Waals surface area contributed by atoms with Gasteiger partial charge in [0, 0.05) is 30.6 Å². The second kappa shape index (κ2) is 8.35. The van der Waals surface area contributed by atoms with Gasteiger partial charge in [0.2, 0.25) is 0 Å². The van der Waals surface area contributed by atoms with Crippen molar-refractivity contribution in [2.24, 2.45) is 0 Å². The van der Waals surface area contributed by atoms with E-state index in [1.807, 2.05) is 47.0 Å². The van der Waals surface area contributed by atoms with Crippen LogP contribution in [-0.2, 0) is 6.54 Å². The number of thioether (sulfide) groups is 1. The van der Waals surface area contributed by atoms with Gasteiger partial charge < -0.3 is 10.1 Å². The van der Waals surface area contributed by atoms with Crippen molar-refractivity contribution in [1.29, 1.82) is 0 Å². The normalized spacial score (nSPS) is 10.9. The Morgan fingerprint density at radius 3 is 2.75 bits per heavy atom. The number of hydrogen-bond acceptors (Lipinski definition) is 5. The SMILES string of the molecule is CCSc1nc(-c2ccc(NCc3ccccc3)c(OC)c2)cc2nccn12. The predicted octanol–water partition coefficient (Wildman–Crippen LogP) is 5.13. The smallest absolute Gasteiger partial charge is 0.174 e. The molecule has 0 aliphatic heterocycles. The van der Waals surface area contributed by atoms with Crippen LogP contribution in [0.4, 0.5) is 5.69 Å². The van der Waals surface area contributed by atoms with E-state index in [1.165, 1.54) is 5.56 Å². The van der Waals surface area contributed by atoms with Gasteiger partial charge in [-0.15, -0.1) is 0 Å². The number of hydrogen-bond donors (Lipinski definition) is 1. The van der Waals surface area contributed by atoms with E-state index in [0.29, 0.717) is 0 Å². The molecule has 142 valence electrons. The van der Waals surface area contributed by atoms with Crippen LogP contribution in [0.5, 0.6) is 5.75 Å². The van der Waals surface area contributed by atoms with Gasteiger partial charge >= 0.3 is 0 Å². The summed E-state index contributed by atoms with van der Waals surface area (Å²) in [6.07, 6.45) is 3.75. The van der Waals surface area contributed by atoms with Crippen molar-refractivity contribution in [3.8, 4) is 17.0 Å². The molecule has 0 atom stereocenters. The number of methoxy groups -OCH3 is 1. The van der Waals surface area contributed by atoms with Crippen molar-refractivity contribution in [1.82, 2.24) is 14.4 Å². The first kappa shape index (κ1) is 18.4. The van der Waals surface area contributed by atoms with Crippen LogP contribution >= 0.6 is 11.8 Å². The van der Waals surface area contributed by atoms with E-state index in [9.17, 15) is 0 Å². The third-order valence-corrected chi connectivity index (χ3v) is 5.29. The Balaban J connectivity index is 1.64. The van der Waals surface area contributed by atoms with Crippen molar-refractivity contribution in [3.05, 3.63) is 72.6 Å². The molecule has 0 amide bonds. The maximum Gasteiger partial charge on any atom is 0.174 e. The second-order valence-electron chi connectivity index (χ2n) is 6.27. The number of fused-ring (bicyclic) bond motifs is 1. The Bertz CT molecular complexity index is 1080. The molecule has 28 heavy (non-hydrogen) atoms. The van der Waals surface area contributed by atoms with Gasteiger partial charge in [0.1, 0.15) is 11.4 Å². The first-order chi connectivity index (χ1) is 13.8. The highest BCUT2D eigenvalue weighted by Gasteiger charge is 2.11. The number of anilines is 1. The van der Waals surface area contributed by atoms with Crippen LogP contribution in [0, 0.1) is 0 Å². The van der Waals surface area contributed by atoms with Gasteiger partial charge in [-0.2, -0.15) is 0 Å². The third kappa shape index (κ3) is 3.82. The Morgan fingerprint density at radius 1 is 1.11 bits per heavy atom. The zero-order valence-corrected chi connectivity index (χ0v) is 16.7. The van der Waals surface area contributed by atoms with Crippen molar-refractivity contribution in [2.75, 3.05) is 18.2 Å². The van der Waals surface area contributed by atoms with Gasteiger partial charge in [-0.25, -0.2) is 9.97 Å². The summed E-state index contributed by atoms with van der Waals surface area (Å²) in [7, 11) is 1.69. The molecular weight excluding hydrogens is 368 g/mol. The molecule has 0 unspecified atom stereocenters. The van der Waals surface area contributed by atoms with Crippen LogP contribution in [0.15, 0.2) is 72.1 Å². The summed E-state index contributed by atoms with van der Waals surface area (Å²) in [5.74, 6) is 1.75. The van der Waals surface area contributed by atoms with Crippen LogP contribution in [0.2, 0.25) is 0 Å². The minimum absolute atomic E-state index is 0.742. The summed E-state index contributed by atoms with van der Waals surface area (Å²) in [6, 6.07) is 18.4. The molecule has 0 radical (unpaired) electrons. The van der Waals surface area contributed by atoms with Crippen molar-refractivity contribution >= 4 is 23.1 Å². The lowest BCUT2D eigenvalue weighted by molar-refractivity contribution is 0.416. The van der Waals surface area contributed by atoms with E-state index < -0.39 is 0 Å². The lowest BCUT2D eigenvalue weighted by Gasteiger charge is -2.13. The summed E-state index contributed by atoms with van der Waals surface area (Å²) in [4.78, 5) is 9.28. The zero-order chi connectivity index (χ0) is 19.3. The first-order valence-electron chi connectivity index (χ1n) is 9.21. The maximum atomic E-state index is 5.63. The van der Waals surface area contributed by atoms with E-state index in [2.05, 4.69) is 35.4 Å². The molecule has 5 nitrogen and oxygen atoms in total. The fraction of sp³-hybridized carbons (Fsp3) is 0.182. The highest BCUT2D eigenvalue weighted by molar-refractivity contribution is 7.99. The molecule has 0 saturated carbocycles. The standard InChI is InChI=1S/C22H22N4OS/c1-3-28-22-25-19(14-21-23-11-12-26(21)22)17-9-10-18(20(13-17)27-2)24-15-16-7-5-4-6-8-16/h4-14,24H,3,15H2,1-2H3. The number of aromatic nitrogens is 3. The summed E-state index contributed by atoms with van der Waals surface area (Å²) < 4.78 is 7.65. The zero-order valence-electron chi connectivity index (χ0n) is 15.9. The summed E-state index contributed by atoms with van der Waals surface area (Å²) in [5.41, 5.74) is 4.97. The summed E-state index contributed by atoms with van der Waals surface area (Å²) in [6.45, 7) is 2.87. The predicted molar refractivity (Wildman–Crippen MR) is 115 cm³/mol. The molecule has 6 heteroatoms. The van der Waals surface area contributed by atoms with Crippen LogP contribution in [0.25, 0.3) is 16.9 Å². The molecule has 0 aliphatic rings. The lowest BCUT2D eigenvalue weighted by Crippen LogP contribution is -2.02. The molecule has 2 aromatic carbocycles. The second-order valence-corrected chi connectivity index (χ2v) is 7.50. The molecule has 1 N–H and O–H groups in total. The largest absolute Gasteiger partial charge is 0.495 e. The van der Waals surface area contributed by atoms with Crippen molar-refractivity contribution in [3.63, 3.8) is 0 Å². The molecular formula is C22H22N4OS. The van der Waals surface area contributed by atoms with Crippen molar-refractivity contribution in [2.45, 2.75) is 18.6 Å². The Labute approximate surface area is 168 Å². The quantitative estimate of drug-likeness (QED) is 0.350. The van der Waals surface area contributed by atoms with Crippen LogP contribution in [0.3, 0.4) is 0 Å². The molecule has 0 bridgehead atoms. The van der Waals surface area contributed by atoms with Crippen LogP contribution in [-0.4, -0.2) is 27.2 Å². The molecule has 2 heterocycles. The van der Waals surface area contributed by atoms with Crippen LogP contribution < -0.4 is 10.1 Å². The highest BCUT2D eigenvalue weighted by atomic mass is 32.2. The minimum atomic E-state index is 0.742. The maximum absolute atomic E-state index is 5.63. The van der Waals surface area contributed by atoms with E-state index >= 15 is 0 Å². The lowest BCUT2D eigenvalue weighted by atomic mass is 10.1. The van der Waals surface area contributed by atoms with Gasteiger partial charge in [-0.05, 0) is 23.4 Å². The van der Waals surface area contributed by atoms with Gasteiger partial charge in [-0.3, -0.25) is 4.40 Å². The third-order valence-electron chi connectivity index (χ3n) is 4.45. The minimum Gasteiger partial charge on any atom is -0.495 e.